The standard InChI is InChI=1S/C13H19N3O/c1-8(2)16-12-6-10(7-14)4-5-11(12)15-9(3)13(16)17/h4-6,8-9,15H,7,14H2,1-3H3. The lowest BCUT2D eigenvalue weighted by Gasteiger charge is -2.36. The zero-order valence-corrected chi connectivity index (χ0v) is 10.5. The van der Waals surface area contributed by atoms with Gasteiger partial charge in [-0.2, -0.15) is 0 Å². The first kappa shape index (κ1) is 11.9. The van der Waals surface area contributed by atoms with Gasteiger partial charge in [0, 0.05) is 12.6 Å². The van der Waals surface area contributed by atoms with Crippen molar-refractivity contribution in [3.63, 3.8) is 0 Å². The minimum Gasteiger partial charge on any atom is -0.372 e. The number of carbonyl (C=O) groups excluding carboxylic acids is 1. The van der Waals surface area contributed by atoms with E-state index in [4.69, 9.17) is 5.73 Å². The van der Waals surface area contributed by atoms with Gasteiger partial charge in [0.25, 0.3) is 0 Å². The molecule has 1 atom stereocenters. The molecule has 1 aliphatic rings. The van der Waals surface area contributed by atoms with Gasteiger partial charge in [-0.25, -0.2) is 0 Å². The molecule has 0 saturated carbocycles. The summed E-state index contributed by atoms with van der Waals surface area (Å²) in [4.78, 5) is 14.0. The average molecular weight is 233 g/mol. The van der Waals surface area contributed by atoms with Gasteiger partial charge in [0.15, 0.2) is 0 Å². The molecule has 17 heavy (non-hydrogen) atoms. The Balaban J connectivity index is 2.51. The first-order valence-corrected chi connectivity index (χ1v) is 5.97. The van der Waals surface area contributed by atoms with Crippen LogP contribution in [0.4, 0.5) is 11.4 Å². The number of fused-ring (bicyclic) bond motifs is 1. The lowest BCUT2D eigenvalue weighted by atomic mass is 10.1. The van der Waals surface area contributed by atoms with Crippen molar-refractivity contribution >= 4 is 17.3 Å². The molecule has 1 aliphatic heterocycles. The Kier molecular flexibility index (Phi) is 3.07. The largest absolute Gasteiger partial charge is 0.372 e. The molecule has 3 N–H and O–H groups in total. The summed E-state index contributed by atoms with van der Waals surface area (Å²) in [5.74, 6) is 0.113. The summed E-state index contributed by atoms with van der Waals surface area (Å²) in [5, 5.41) is 3.21. The molecule has 0 spiro atoms. The van der Waals surface area contributed by atoms with E-state index in [0.29, 0.717) is 6.54 Å². The van der Waals surface area contributed by atoms with Crippen molar-refractivity contribution in [1.29, 1.82) is 0 Å². The van der Waals surface area contributed by atoms with Crippen molar-refractivity contribution < 1.29 is 4.79 Å². The third kappa shape index (κ3) is 2.00. The van der Waals surface area contributed by atoms with Crippen LogP contribution in [0, 0.1) is 0 Å². The Bertz CT molecular complexity index is 442. The van der Waals surface area contributed by atoms with E-state index in [9.17, 15) is 4.79 Å². The zero-order valence-electron chi connectivity index (χ0n) is 10.5. The number of nitrogens with one attached hydrogen (secondary N) is 1. The molecule has 0 bridgehead atoms. The van der Waals surface area contributed by atoms with Crippen LogP contribution < -0.4 is 16.0 Å². The fourth-order valence-electron chi connectivity index (χ4n) is 2.18. The van der Waals surface area contributed by atoms with E-state index in [-0.39, 0.29) is 18.0 Å². The maximum Gasteiger partial charge on any atom is 0.249 e. The molecule has 4 nitrogen and oxygen atoms in total. The molecule has 92 valence electrons. The summed E-state index contributed by atoms with van der Waals surface area (Å²) >= 11 is 0. The number of benzene rings is 1. The molecule has 2 rings (SSSR count). The smallest absolute Gasteiger partial charge is 0.249 e. The Morgan fingerprint density at radius 3 is 2.76 bits per heavy atom. The van der Waals surface area contributed by atoms with Crippen molar-refractivity contribution in [1.82, 2.24) is 0 Å². The lowest BCUT2D eigenvalue weighted by Crippen LogP contribution is -2.49. The molecule has 1 heterocycles. The highest BCUT2D eigenvalue weighted by molar-refractivity contribution is 6.05. The number of hydrogen-bond donors (Lipinski definition) is 2. The fourth-order valence-corrected chi connectivity index (χ4v) is 2.18. The summed E-state index contributed by atoms with van der Waals surface area (Å²) in [6.45, 7) is 6.42. The van der Waals surface area contributed by atoms with Gasteiger partial charge < -0.3 is 16.0 Å². The highest BCUT2D eigenvalue weighted by atomic mass is 16.2. The van der Waals surface area contributed by atoms with Crippen LogP contribution in [0.2, 0.25) is 0 Å². The second-order valence-electron chi connectivity index (χ2n) is 4.72. The molecule has 4 heteroatoms. The Morgan fingerprint density at radius 2 is 2.18 bits per heavy atom. The number of hydrogen-bond acceptors (Lipinski definition) is 3. The molecular weight excluding hydrogens is 214 g/mol. The fraction of sp³-hybridized carbons (Fsp3) is 0.462. The molecule has 1 aromatic rings. The number of rotatable bonds is 2. The Labute approximate surface area is 102 Å². The van der Waals surface area contributed by atoms with Crippen molar-refractivity contribution in [2.75, 3.05) is 10.2 Å². The second-order valence-corrected chi connectivity index (χ2v) is 4.72. The van der Waals surface area contributed by atoms with Crippen LogP contribution in [0.1, 0.15) is 26.3 Å². The molecule has 0 aromatic heterocycles. The minimum atomic E-state index is -0.173. The third-order valence-corrected chi connectivity index (χ3v) is 3.05. The average Bonchev–Trinajstić information content (AvgIpc) is 2.29. The Hall–Kier alpha value is -1.55. The zero-order chi connectivity index (χ0) is 12.6. The van der Waals surface area contributed by atoms with E-state index < -0.39 is 0 Å². The van der Waals surface area contributed by atoms with Crippen molar-refractivity contribution in [3.05, 3.63) is 23.8 Å². The van der Waals surface area contributed by atoms with Gasteiger partial charge in [0.1, 0.15) is 6.04 Å². The van der Waals surface area contributed by atoms with Gasteiger partial charge in [-0.15, -0.1) is 0 Å². The Morgan fingerprint density at radius 1 is 1.47 bits per heavy atom. The van der Waals surface area contributed by atoms with Gasteiger partial charge in [-0.3, -0.25) is 4.79 Å². The molecule has 1 unspecified atom stereocenters. The summed E-state index contributed by atoms with van der Waals surface area (Å²) in [6.07, 6.45) is 0. The van der Waals surface area contributed by atoms with Crippen LogP contribution in [-0.2, 0) is 11.3 Å². The number of nitrogens with zero attached hydrogens (tertiary/aromatic N) is 1. The highest BCUT2D eigenvalue weighted by Crippen LogP contribution is 2.33. The molecule has 0 aliphatic carbocycles. The first-order chi connectivity index (χ1) is 8.04. The number of anilines is 2. The summed E-state index contributed by atoms with van der Waals surface area (Å²) in [6, 6.07) is 5.96. The van der Waals surface area contributed by atoms with Gasteiger partial charge in [0.2, 0.25) is 5.91 Å². The second kappa shape index (κ2) is 4.37. The number of amides is 1. The van der Waals surface area contributed by atoms with Gasteiger partial charge in [-0.1, -0.05) is 6.07 Å². The SMILES string of the molecule is CC1Nc2ccc(CN)cc2N(C(C)C)C1=O. The lowest BCUT2D eigenvalue weighted by molar-refractivity contribution is -0.119. The maximum atomic E-state index is 12.2. The van der Waals surface area contributed by atoms with Crippen LogP contribution in [0.15, 0.2) is 18.2 Å². The van der Waals surface area contributed by atoms with Crippen molar-refractivity contribution in [2.24, 2.45) is 5.73 Å². The predicted octanol–water partition coefficient (Wildman–Crippen LogP) is 1.70. The normalized spacial score (nSPS) is 19.2. The summed E-state index contributed by atoms with van der Waals surface area (Å²) in [5.41, 5.74) is 8.62. The van der Waals surface area contributed by atoms with E-state index in [0.717, 1.165) is 16.9 Å². The molecule has 1 aromatic carbocycles. The highest BCUT2D eigenvalue weighted by Gasteiger charge is 2.31. The van der Waals surface area contributed by atoms with E-state index in [1.165, 1.54) is 0 Å². The monoisotopic (exact) mass is 233 g/mol. The quantitative estimate of drug-likeness (QED) is 0.817. The van der Waals surface area contributed by atoms with Crippen LogP contribution in [-0.4, -0.2) is 18.0 Å². The molecule has 0 saturated heterocycles. The molecular formula is C13H19N3O. The van der Waals surface area contributed by atoms with Crippen molar-refractivity contribution in [3.8, 4) is 0 Å². The van der Waals surface area contributed by atoms with E-state index in [1.54, 1.807) is 0 Å². The van der Waals surface area contributed by atoms with E-state index in [2.05, 4.69) is 5.32 Å². The molecule has 1 amide bonds. The van der Waals surface area contributed by atoms with E-state index >= 15 is 0 Å². The summed E-state index contributed by atoms with van der Waals surface area (Å²) in [7, 11) is 0. The number of carbonyl (C=O) groups is 1. The van der Waals surface area contributed by atoms with Crippen LogP contribution >= 0.6 is 0 Å². The van der Waals surface area contributed by atoms with Gasteiger partial charge in [0.05, 0.1) is 11.4 Å². The molecule has 0 fully saturated rings. The first-order valence-electron chi connectivity index (χ1n) is 5.97. The van der Waals surface area contributed by atoms with Crippen molar-refractivity contribution in [2.45, 2.75) is 39.4 Å². The third-order valence-electron chi connectivity index (χ3n) is 3.05. The van der Waals surface area contributed by atoms with Crippen LogP contribution in [0.25, 0.3) is 0 Å². The minimum absolute atomic E-state index is 0.113. The van der Waals surface area contributed by atoms with Gasteiger partial charge in [-0.05, 0) is 38.5 Å². The summed E-state index contributed by atoms with van der Waals surface area (Å²) < 4.78 is 0. The topological polar surface area (TPSA) is 58.4 Å². The van der Waals surface area contributed by atoms with Crippen LogP contribution in [0.3, 0.4) is 0 Å². The predicted molar refractivity (Wildman–Crippen MR) is 70.0 cm³/mol. The van der Waals surface area contributed by atoms with Crippen LogP contribution in [0.5, 0.6) is 0 Å². The van der Waals surface area contributed by atoms with Gasteiger partial charge >= 0.3 is 0 Å². The van der Waals surface area contributed by atoms with E-state index in [1.807, 2.05) is 43.9 Å². The number of nitrogens with two attached hydrogens (primary N) is 1. The molecule has 0 radical (unpaired) electrons. The maximum absolute atomic E-state index is 12.2.